The number of halogens is 3. The summed E-state index contributed by atoms with van der Waals surface area (Å²) in [6.45, 7) is 0. The van der Waals surface area contributed by atoms with Gasteiger partial charge in [0.2, 0.25) is 5.78 Å². The van der Waals surface area contributed by atoms with Crippen LogP contribution in [0.3, 0.4) is 0 Å². The van der Waals surface area contributed by atoms with Crippen LogP contribution in [0.2, 0.25) is 0 Å². The lowest BCUT2D eigenvalue weighted by atomic mass is 10.0. The van der Waals surface area contributed by atoms with Gasteiger partial charge in [0.1, 0.15) is 17.5 Å². The minimum Gasteiger partial charge on any atom is -0.493 e. The maximum absolute atomic E-state index is 14.0. The number of hydrogen-bond acceptors (Lipinski definition) is 3. The summed E-state index contributed by atoms with van der Waals surface area (Å²) in [5.74, 6) is -4.03. The Morgan fingerprint density at radius 3 is 1.95 bits per heavy atom. The highest BCUT2D eigenvalue weighted by Gasteiger charge is 2.23. The molecule has 2 aromatic carbocycles. The molecular weight excluding hydrogens is 285 g/mol. The van der Waals surface area contributed by atoms with Gasteiger partial charge in [0, 0.05) is 6.07 Å². The van der Waals surface area contributed by atoms with E-state index in [4.69, 9.17) is 9.47 Å². The van der Waals surface area contributed by atoms with Crippen molar-refractivity contribution in [2.45, 2.75) is 0 Å². The van der Waals surface area contributed by atoms with Gasteiger partial charge in [-0.05, 0) is 18.2 Å². The van der Waals surface area contributed by atoms with E-state index in [1.807, 2.05) is 0 Å². The Kier molecular flexibility index (Phi) is 4.16. The Labute approximate surface area is 118 Å². The maximum Gasteiger partial charge on any atom is 0.202 e. The standard InChI is InChI=1S/C15H11F3O3/c1-20-12-6-8(11(18)7-13(12)21-2)15(19)14-9(16)4-3-5-10(14)17/h3-7H,1-2H3. The van der Waals surface area contributed by atoms with Crippen molar-refractivity contribution in [3.63, 3.8) is 0 Å². The van der Waals surface area contributed by atoms with Crippen LogP contribution in [0.15, 0.2) is 30.3 Å². The topological polar surface area (TPSA) is 35.5 Å². The predicted octanol–water partition coefficient (Wildman–Crippen LogP) is 3.35. The van der Waals surface area contributed by atoms with Crippen molar-refractivity contribution in [1.82, 2.24) is 0 Å². The van der Waals surface area contributed by atoms with Crippen LogP contribution in [0.25, 0.3) is 0 Å². The van der Waals surface area contributed by atoms with E-state index in [1.165, 1.54) is 14.2 Å². The molecule has 0 spiro atoms. The number of carbonyl (C=O) groups excluding carboxylic acids is 1. The number of benzene rings is 2. The van der Waals surface area contributed by atoms with E-state index < -0.39 is 34.4 Å². The highest BCUT2D eigenvalue weighted by Crippen LogP contribution is 2.31. The first-order valence-corrected chi connectivity index (χ1v) is 5.89. The highest BCUT2D eigenvalue weighted by atomic mass is 19.1. The van der Waals surface area contributed by atoms with Gasteiger partial charge in [-0.1, -0.05) is 6.07 Å². The van der Waals surface area contributed by atoms with Crippen molar-refractivity contribution in [1.29, 1.82) is 0 Å². The zero-order valence-corrected chi connectivity index (χ0v) is 11.2. The minimum absolute atomic E-state index is 0.0700. The van der Waals surface area contributed by atoms with Gasteiger partial charge in [-0.15, -0.1) is 0 Å². The second kappa shape index (κ2) is 5.87. The Balaban J connectivity index is 2.59. The Morgan fingerprint density at radius 1 is 0.905 bits per heavy atom. The fourth-order valence-corrected chi connectivity index (χ4v) is 1.88. The van der Waals surface area contributed by atoms with Crippen LogP contribution in [0.4, 0.5) is 13.2 Å². The fourth-order valence-electron chi connectivity index (χ4n) is 1.88. The SMILES string of the molecule is COc1cc(F)c(C(=O)c2c(F)cccc2F)cc1OC. The van der Waals surface area contributed by atoms with Gasteiger partial charge in [0.05, 0.1) is 25.3 Å². The number of ketones is 1. The predicted molar refractivity (Wildman–Crippen MR) is 69.3 cm³/mol. The third kappa shape index (κ3) is 2.69. The molecule has 3 nitrogen and oxygen atoms in total. The van der Waals surface area contributed by atoms with Crippen LogP contribution in [-0.2, 0) is 0 Å². The molecule has 0 saturated carbocycles. The normalized spacial score (nSPS) is 10.3. The molecule has 0 fully saturated rings. The number of hydrogen-bond donors (Lipinski definition) is 0. The molecule has 0 atom stereocenters. The van der Waals surface area contributed by atoms with Crippen molar-refractivity contribution in [2.75, 3.05) is 14.2 Å². The largest absolute Gasteiger partial charge is 0.493 e. The molecule has 0 N–H and O–H groups in total. The molecule has 0 bridgehead atoms. The second-order valence-electron chi connectivity index (χ2n) is 4.11. The molecule has 0 aliphatic heterocycles. The van der Waals surface area contributed by atoms with E-state index in [2.05, 4.69) is 0 Å². The van der Waals surface area contributed by atoms with E-state index in [1.54, 1.807) is 0 Å². The first-order chi connectivity index (χ1) is 9.99. The van der Waals surface area contributed by atoms with Gasteiger partial charge in [0.25, 0.3) is 0 Å². The van der Waals surface area contributed by atoms with Gasteiger partial charge in [0.15, 0.2) is 11.5 Å². The summed E-state index contributed by atoms with van der Waals surface area (Å²) in [5.41, 5.74) is -1.32. The Morgan fingerprint density at radius 2 is 1.43 bits per heavy atom. The molecule has 0 unspecified atom stereocenters. The molecule has 0 amide bonds. The van der Waals surface area contributed by atoms with Gasteiger partial charge in [-0.25, -0.2) is 13.2 Å². The molecule has 2 aromatic rings. The van der Waals surface area contributed by atoms with Crippen molar-refractivity contribution in [3.8, 4) is 11.5 Å². The molecule has 110 valence electrons. The summed E-state index contributed by atoms with van der Waals surface area (Å²) in [4.78, 5) is 12.2. The van der Waals surface area contributed by atoms with Gasteiger partial charge >= 0.3 is 0 Å². The molecule has 0 saturated heterocycles. The van der Waals surface area contributed by atoms with Crippen LogP contribution < -0.4 is 9.47 Å². The van der Waals surface area contributed by atoms with Gasteiger partial charge < -0.3 is 9.47 Å². The quantitative estimate of drug-likeness (QED) is 0.812. The average Bonchev–Trinajstić information content (AvgIpc) is 2.46. The third-order valence-electron chi connectivity index (χ3n) is 2.91. The van der Waals surface area contributed by atoms with E-state index in [9.17, 15) is 18.0 Å². The summed E-state index contributed by atoms with van der Waals surface area (Å²) in [5, 5.41) is 0. The average molecular weight is 296 g/mol. The summed E-state index contributed by atoms with van der Waals surface area (Å²) >= 11 is 0. The molecule has 6 heteroatoms. The van der Waals surface area contributed by atoms with Crippen LogP contribution in [0, 0.1) is 17.5 Å². The van der Waals surface area contributed by atoms with E-state index in [0.29, 0.717) is 0 Å². The first kappa shape index (κ1) is 14.9. The lowest BCUT2D eigenvalue weighted by Gasteiger charge is -2.11. The molecular formula is C15H11F3O3. The minimum atomic E-state index is -1.11. The van der Waals surface area contributed by atoms with Crippen molar-refractivity contribution >= 4 is 5.78 Å². The molecule has 0 heterocycles. The zero-order chi connectivity index (χ0) is 15.6. The molecule has 21 heavy (non-hydrogen) atoms. The van der Waals surface area contributed by atoms with Crippen molar-refractivity contribution < 1.29 is 27.4 Å². The summed E-state index contributed by atoms with van der Waals surface area (Å²) in [6, 6.07) is 4.93. The highest BCUT2D eigenvalue weighted by molar-refractivity contribution is 6.09. The van der Waals surface area contributed by atoms with Crippen LogP contribution >= 0.6 is 0 Å². The molecule has 0 aromatic heterocycles. The Hall–Kier alpha value is -2.50. The number of carbonyl (C=O) groups is 1. The van der Waals surface area contributed by atoms with Crippen molar-refractivity contribution in [3.05, 3.63) is 58.9 Å². The van der Waals surface area contributed by atoms with Gasteiger partial charge in [-0.2, -0.15) is 0 Å². The number of methoxy groups -OCH3 is 2. The lowest BCUT2D eigenvalue weighted by molar-refractivity contribution is 0.102. The molecule has 0 aliphatic rings. The molecule has 0 radical (unpaired) electrons. The van der Waals surface area contributed by atoms with Crippen LogP contribution in [-0.4, -0.2) is 20.0 Å². The Bertz CT molecular complexity index is 679. The smallest absolute Gasteiger partial charge is 0.202 e. The molecule has 0 aliphatic carbocycles. The first-order valence-electron chi connectivity index (χ1n) is 5.89. The van der Waals surface area contributed by atoms with E-state index in [-0.39, 0.29) is 11.5 Å². The van der Waals surface area contributed by atoms with Crippen LogP contribution in [0.5, 0.6) is 11.5 Å². The maximum atomic E-state index is 14.0. The van der Waals surface area contributed by atoms with E-state index >= 15 is 0 Å². The monoisotopic (exact) mass is 296 g/mol. The fraction of sp³-hybridized carbons (Fsp3) is 0.133. The number of ether oxygens (including phenoxy) is 2. The summed E-state index contributed by atoms with van der Waals surface area (Å²) in [6.07, 6.45) is 0. The van der Waals surface area contributed by atoms with Crippen LogP contribution in [0.1, 0.15) is 15.9 Å². The zero-order valence-electron chi connectivity index (χ0n) is 11.2. The lowest BCUT2D eigenvalue weighted by Crippen LogP contribution is -2.10. The number of rotatable bonds is 4. The van der Waals surface area contributed by atoms with Gasteiger partial charge in [-0.3, -0.25) is 4.79 Å². The molecule has 2 rings (SSSR count). The van der Waals surface area contributed by atoms with Crippen molar-refractivity contribution in [2.24, 2.45) is 0 Å². The second-order valence-corrected chi connectivity index (χ2v) is 4.11. The third-order valence-corrected chi connectivity index (χ3v) is 2.91. The summed E-state index contributed by atoms with van der Waals surface area (Å²) in [7, 11) is 2.60. The summed E-state index contributed by atoms with van der Waals surface area (Å²) < 4.78 is 51.0. The van der Waals surface area contributed by atoms with E-state index in [0.717, 1.165) is 30.3 Å².